The second kappa shape index (κ2) is 10.1. The van der Waals surface area contributed by atoms with Gasteiger partial charge in [0, 0.05) is 40.3 Å². The van der Waals surface area contributed by atoms with E-state index in [0.29, 0.717) is 13.1 Å². The lowest BCUT2D eigenvalue weighted by Crippen LogP contribution is -2.30. The van der Waals surface area contributed by atoms with Crippen LogP contribution in [0.4, 0.5) is 5.69 Å². The van der Waals surface area contributed by atoms with Crippen molar-refractivity contribution in [2.24, 2.45) is 4.99 Å². The predicted molar refractivity (Wildman–Crippen MR) is 128 cm³/mol. The van der Waals surface area contributed by atoms with Gasteiger partial charge in [0.15, 0.2) is 0 Å². The predicted octanol–water partition coefficient (Wildman–Crippen LogP) is 5.84. The lowest BCUT2D eigenvalue weighted by atomic mass is 10.0. The molecule has 3 aromatic rings. The Labute approximate surface area is 179 Å². The summed E-state index contributed by atoms with van der Waals surface area (Å²) in [6.07, 6.45) is 13.5. The van der Waals surface area contributed by atoms with E-state index in [2.05, 4.69) is 35.4 Å². The third-order valence-corrected chi connectivity index (χ3v) is 6.44. The summed E-state index contributed by atoms with van der Waals surface area (Å²) in [5.41, 5.74) is 2.08. The van der Waals surface area contributed by atoms with Crippen LogP contribution in [-0.4, -0.2) is 17.7 Å². The fraction of sp³-hybridized carbons (Fsp3) is 0.538. The van der Waals surface area contributed by atoms with Crippen molar-refractivity contribution in [2.45, 2.75) is 77.7 Å². The highest BCUT2D eigenvalue weighted by atomic mass is 16.1. The van der Waals surface area contributed by atoms with E-state index in [1.165, 1.54) is 64.2 Å². The molecule has 0 bridgehead atoms. The summed E-state index contributed by atoms with van der Waals surface area (Å²) in [6, 6.07) is 10.4. The average molecular weight is 406 g/mol. The minimum absolute atomic E-state index is 0.0937. The molecule has 1 aliphatic heterocycles. The Hall–Kier alpha value is -2.36. The zero-order chi connectivity index (χ0) is 20.8. The number of fused-ring (bicyclic) bond motifs is 2. The number of aromatic nitrogens is 1. The van der Waals surface area contributed by atoms with Crippen LogP contribution in [0, 0.1) is 0 Å². The number of nitrogens with zero attached hydrogens (tertiary/aromatic N) is 2. The third kappa shape index (κ3) is 4.38. The summed E-state index contributed by atoms with van der Waals surface area (Å²) in [6.45, 7) is 4.66. The first-order chi connectivity index (χ1) is 14.8. The van der Waals surface area contributed by atoms with E-state index in [1.807, 2.05) is 16.7 Å². The molecule has 0 saturated heterocycles. The molecule has 4 nitrogen and oxygen atoms in total. The standard InChI is InChI=1S/C26H35N3O/c1-2-3-4-5-6-7-8-9-10-11-17-27-23-16-15-21-24-20(23)13-12-14-22(24)26(30)29-19-18-28-25(21)29/h12-16,27H,2-11,17-19H2,1H3. The Balaban J connectivity index is 1.34. The van der Waals surface area contributed by atoms with Crippen molar-refractivity contribution in [3.05, 3.63) is 46.2 Å². The molecule has 2 aromatic carbocycles. The van der Waals surface area contributed by atoms with Crippen LogP contribution in [0.3, 0.4) is 0 Å². The quantitative estimate of drug-likeness (QED) is 0.385. The maximum absolute atomic E-state index is 12.9. The fourth-order valence-electron chi connectivity index (χ4n) is 4.78. The van der Waals surface area contributed by atoms with Crippen LogP contribution in [0.15, 0.2) is 40.1 Å². The van der Waals surface area contributed by atoms with Gasteiger partial charge in [-0.25, -0.2) is 0 Å². The van der Waals surface area contributed by atoms with Gasteiger partial charge in [0.1, 0.15) is 5.49 Å². The summed E-state index contributed by atoms with van der Waals surface area (Å²) in [4.78, 5) is 17.5. The molecule has 0 fully saturated rings. The summed E-state index contributed by atoms with van der Waals surface area (Å²) in [5, 5.41) is 7.74. The fourth-order valence-corrected chi connectivity index (χ4v) is 4.78. The van der Waals surface area contributed by atoms with Crippen molar-refractivity contribution < 1.29 is 0 Å². The van der Waals surface area contributed by atoms with Gasteiger partial charge >= 0.3 is 0 Å². The molecule has 0 atom stereocenters. The van der Waals surface area contributed by atoms with Crippen molar-refractivity contribution in [1.82, 2.24) is 4.57 Å². The van der Waals surface area contributed by atoms with Gasteiger partial charge in [0.2, 0.25) is 0 Å². The van der Waals surface area contributed by atoms with Crippen molar-refractivity contribution in [3.63, 3.8) is 0 Å². The number of nitrogens with one attached hydrogen (secondary N) is 1. The van der Waals surface area contributed by atoms with Gasteiger partial charge in [-0.1, -0.05) is 76.8 Å². The van der Waals surface area contributed by atoms with Gasteiger partial charge in [-0.05, 0) is 24.6 Å². The van der Waals surface area contributed by atoms with Crippen molar-refractivity contribution in [2.75, 3.05) is 18.4 Å². The SMILES string of the molecule is CCCCCCCCCCCCNc1ccc2c3n(c(=O)c4cccc1c42)CCN=3. The molecule has 160 valence electrons. The monoisotopic (exact) mass is 405 g/mol. The van der Waals surface area contributed by atoms with Gasteiger partial charge in [-0.3, -0.25) is 14.4 Å². The van der Waals surface area contributed by atoms with Crippen LogP contribution >= 0.6 is 0 Å². The summed E-state index contributed by atoms with van der Waals surface area (Å²) in [7, 11) is 0. The zero-order valence-corrected chi connectivity index (χ0v) is 18.4. The topological polar surface area (TPSA) is 46.4 Å². The van der Waals surface area contributed by atoms with Crippen LogP contribution < -0.4 is 16.4 Å². The number of benzene rings is 2. The lowest BCUT2D eigenvalue weighted by Gasteiger charge is -2.13. The van der Waals surface area contributed by atoms with Crippen molar-refractivity contribution >= 4 is 27.2 Å². The average Bonchev–Trinajstić information content (AvgIpc) is 3.26. The maximum Gasteiger partial charge on any atom is 0.260 e. The Bertz CT molecular complexity index is 1100. The largest absolute Gasteiger partial charge is 0.385 e. The molecule has 0 amide bonds. The molecule has 4 rings (SSSR count). The van der Waals surface area contributed by atoms with Crippen LogP contribution in [0.1, 0.15) is 71.1 Å². The number of unbranched alkanes of at least 4 members (excludes halogenated alkanes) is 9. The third-order valence-electron chi connectivity index (χ3n) is 6.44. The highest BCUT2D eigenvalue weighted by Crippen LogP contribution is 2.29. The summed E-state index contributed by atoms with van der Waals surface area (Å²) in [5.74, 6) is 0. The van der Waals surface area contributed by atoms with Gasteiger partial charge < -0.3 is 5.32 Å². The highest BCUT2D eigenvalue weighted by Gasteiger charge is 2.16. The van der Waals surface area contributed by atoms with E-state index < -0.39 is 0 Å². The van der Waals surface area contributed by atoms with Gasteiger partial charge in [0.05, 0.1) is 6.54 Å². The normalized spacial score (nSPS) is 13.1. The zero-order valence-electron chi connectivity index (χ0n) is 18.4. The van der Waals surface area contributed by atoms with Crippen LogP contribution in [0.5, 0.6) is 0 Å². The number of pyridine rings is 1. The molecule has 2 heterocycles. The first kappa shape index (κ1) is 20.9. The number of hydrogen-bond acceptors (Lipinski definition) is 3. The second-order valence-corrected chi connectivity index (χ2v) is 8.66. The molecule has 0 spiro atoms. The number of hydrogen-bond donors (Lipinski definition) is 1. The minimum atomic E-state index is 0.0937. The van der Waals surface area contributed by atoms with Gasteiger partial charge in [0.25, 0.3) is 5.56 Å². The smallest absolute Gasteiger partial charge is 0.260 e. The molecule has 1 N–H and O–H groups in total. The van der Waals surface area contributed by atoms with Gasteiger partial charge in [-0.15, -0.1) is 0 Å². The molecular weight excluding hydrogens is 370 g/mol. The molecule has 0 unspecified atom stereocenters. The van der Waals surface area contributed by atoms with Crippen LogP contribution in [-0.2, 0) is 6.54 Å². The van der Waals surface area contributed by atoms with E-state index >= 15 is 0 Å². The molecule has 30 heavy (non-hydrogen) atoms. The molecule has 1 aliphatic rings. The first-order valence-corrected chi connectivity index (χ1v) is 12.0. The highest BCUT2D eigenvalue weighted by molar-refractivity contribution is 6.13. The minimum Gasteiger partial charge on any atom is -0.385 e. The first-order valence-electron chi connectivity index (χ1n) is 12.0. The molecule has 0 aliphatic carbocycles. The van der Waals surface area contributed by atoms with E-state index in [1.54, 1.807) is 0 Å². The molecule has 4 heteroatoms. The van der Waals surface area contributed by atoms with E-state index in [0.717, 1.165) is 39.3 Å². The van der Waals surface area contributed by atoms with E-state index in [9.17, 15) is 4.79 Å². The Morgan fingerprint density at radius 2 is 1.57 bits per heavy atom. The van der Waals surface area contributed by atoms with Crippen LogP contribution in [0.2, 0.25) is 0 Å². The Morgan fingerprint density at radius 3 is 2.33 bits per heavy atom. The Morgan fingerprint density at radius 1 is 0.867 bits per heavy atom. The molecule has 0 saturated carbocycles. The lowest BCUT2D eigenvalue weighted by molar-refractivity contribution is 0.560. The second-order valence-electron chi connectivity index (χ2n) is 8.66. The Kier molecular flexibility index (Phi) is 7.03. The van der Waals surface area contributed by atoms with Crippen molar-refractivity contribution in [3.8, 4) is 0 Å². The maximum atomic E-state index is 12.9. The van der Waals surface area contributed by atoms with Gasteiger partial charge in [-0.2, -0.15) is 0 Å². The number of rotatable bonds is 12. The molecule has 1 aromatic heterocycles. The molecular formula is C26H35N3O. The number of anilines is 1. The summed E-state index contributed by atoms with van der Waals surface area (Å²) >= 11 is 0. The van der Waals surface area contributed by atoms with Crippen LogP contribution in [0.25, 0.3) is 21.5 Å². The summed E-state index contributed by atoms with van der Waals surface area (Å²) < 4.78 is 1.83. The molecule has 0 radical (unpaired) electrons. The van der Waals surface area contributed by atoms with E-state index in [-0.39, 0.29) is 5.56 Å². The van der Waals surface area contributed by atoms with E-state index in [4.69, 9.17) is 0 Å². The van der Waals surface area contributed by atoms with Crippen molar-refractivity contribution in [1.29, 1.82) is 0 Å².